The van der Waals surface area contributed by atoms with Gasteiger partial charge in [0, 0.05) is 17.0 Å². The molecule has 0 radical (unpaired) electrons. The fourth-order valence-corrected chi connectivity index (χ4v) is 2.43. The molecule has 1 saturated heterocycles. The SMILES string of the molecule is Bn1nc(C)c2cc(B3OC(C)(C)C(C)(C)O3)cnc21. The Morgan fingerprint density at radius 3 is 2.40 bits per heavy atom. The molecule has 3 rings (SSSR count). The number of nitrogens with zero attached hydrogens (tertiary/aromatic N) is 3. The molecule has 0 amide bonds. The van der Waals surface area contributed by atoms with Gasteiger partial charge < -0.3 is 13.9 Å². The molecule has 0 aliphatic carbocycles. The van der Waals surface area contributed by atoms with Crippen molar-refractivity contribution in [1.29, 1.82) is 0 Å². The smallest absolute Gasteiger partial charge is 0.399 e. The Balaban J connectivity index is 2.02. The maximum absolute atomic E-state index is 6.06. The summed E-state index contributed by atoms with van der Waals surface area (Å²) in [6, 6.07) is 2.06. The lowest BCUT2D eigenvalue weighted by molar-refractivity contribution is 0.00578. The molecule has 1 aliphatic rings. The Hall–Kier alpha value is -1.33. The number of rotatable bonds is 1. The third-order valence-electron chi connectivity index (χ3n) is 4.41. The Morgan fingerprint density at radius 2 is 1.80 bits per heavy atom. The summed E-state index contributed by atoms with van der Waals surface area (Å²) >= 11 is 0. The minimum Gasteiger partial charge on any atom is -0.399 e. The van der Waals surface area contributed by atoms with Gasteiger partial charge in [-0.15, -0.1) is 0 Å². The molecule has 3 heterocycles. The highest BCUT2D eigenvalue weighted by molar-refractivity contribution is 6.62. The second-order valence-electron chi connectivity index (χ2n) is 6.44. The first-order valence-electron chi connectivity index (χ1n) is 6.86. The average Bonchev–Trinajstić information content (AvgIpc) is 2.74. The molecule has 0 aromatic carbocycles. The number of pyridine rings is 1. The first-order valence-corrected chi connectivity index (χ1v) is 6.86. The molecule has 1 fully saturated rings. The van der Waals surface area contributed by atoms with E-state index in [9.17, 15) is 0 Å². The molecule has 0 spiro atoms. The lowest BCUT2D eigenvalue weighted by atomic mass is 9.80. The summed E-state index contributed by atoms with van der Waals surface area (Å²) in [5.74, 6) is 0. The van der Waals surface area contributed by atoms with E-state index in [1.54, 1.807) is 4.59 Å². The highest BCUT2D eigenvalue weighted by Gasteiger charge is 2.51. The van der Waals surface area contributed by atoms with Crippen molar-refractivity contribution in [3.8, 4) is 0 Å². The van der Waals surface area contributed by atoms with Crippen LogP contribution >= 0.6 is 0 Å². The van der Waals surface area contributed by atoms with Gasteiger partial charge in [-0.3, -0.25) is 0 Å². The van der Waals surface area contributed by atoms with E-state index in [1.807, 2.05) is 48.8 Å². The van der Waals surface area contributed by atoms with Crippen molar-refractivity contribution in [1.82, 2.24) is 14.7 Å². The lowest BCUT2D eigenvalue weighted by Crippen LogP contribution is -2.41. The van der Waals surface area contributed by atoms with Crippen molar-refractivity contribution in [3.63, 3.8) is 0 Å². The normalized spacial score (nSPS) is 20.8. The molecule has 2 aromatic heterocycles. The van der Waals surface area contributed by atoms with Gasteiger partial charge in [0.1, 0.15) is 5.65 Å². The van der Waals surface area contributed by atoms with Crippen molar-refractivity contribution in [3.05, 3.63) is 18.0 Å². The molecule has 0 bridgehead atoms. The zero-order chi connectivity index (χ0) is 14.7. The summed E-state index contributed by atoms with van der Waals surface area (Å²) in [6.45, 7) is 10.2. The van der Waals surface area contributed by atoms with Gasteiger partial charge in [0.2, 0.25) is 0 Å². The monoisotopic (exact) mass is 271 g/mol. The Morgan fingerprint density at radius 1 is 1.20 bits per heavy atom. The van der Waals surface area contributed by atoms with Gasteiger partial charge in [-0.25, -0.2) is 4.98 Å². The van der Waals surface area contributed by atoms with Crippen LogP contribution in [0.15, 0.2) is 12.3 Å². The van der Waals surface area contributed by atoms with Crippen LogP contribution in [0, 0.1) is 6.92 Å². The predicted molar refractivity (Wildman–Crippen MR) is 81.9 cm³/mol. The second kappa shape index (κ2) is 4.09. The van der Waals surface area contributed by atoms with E-state index in [4.69, 9.17) is 9.31 Å². The van der Waals surface area contributed by atoms with Gasteiger partial charge in [-0.1, -0.05) is 0 Å². The summed E-state index contributed by atoms with van der Waals surface area (Å²) in [5, 5.41) is 5.43. The molecule has 0 N–H and O–H groups in total. The van der Waals surface area contributed by atoms with E-state index >= 15 is 0 Å². The fraction of sp³-hybridized carbons (Fsp3) is 0.538. The maximum atomic E-state index is 6.06. The van der Waals surface area contributed by atoms with Crippen LogP contribution in [0.4, 0.5) is 0 Å². The second-order valence-corrected chi connectivity index (χ2v) is 6.44. The van der Waals surface area contributed by atoms with Gasteiger partial charge in [-0.2, -0.15) is 5.10 Å². The summed E-state index contributed by atoms with van der Waals surface area (Å²) in [4.78, 5) is 4.48. The van der Waals surface area contributed by atoms with Crippen LogP contribution in [0.3, 0.4) is 0 Å². The summed E-state index contributed by atoms with van der Waals surface area (Å²) in [5.41, 5.74) is 2.11. The third-order valence-corrected chi connectivity index (χ3v) is 4.41. The summed E-state index contributed by atoms with van der Waals surface area (Å²) in [6.07, 6.45) is 1.81. The van der Waals surface area contributed by atoms with Crippen LogP contribution in [-0.2, 0) is 9.31 Å². The van der Waals surface area contributed by atoms with Crippen molar-refractivity contribution in [2.75, 3.05) is 0 Å². The zero-order valence-electron chi connectivity index (χ0n) is 12.9. The van der Waals surface area contributed by atoms with Gasteiger partial charge in [0.05, 0.1) is 16.9 Å². The number of fused-ring (bicyclic) bond motifs is 1. The predicted octanol–water partition coefficient (Wildman–Crippen LogP) is 0.435. The van der Waals surface area contributed by atoms with Crippen molar-refractivity contribution < 1.29 is 9.31 Å². The molecule has 7 heteroatoms. The topological polar surface area (TPSA) is 49.2 Å². The summed E-state index contributed by atoms with van der Waals surface area (Å²) < 4.78 is 13.9. The molecule has 20 heavy (non-hydrogen) atoms. The van der Waals surface area contributed by atoms with Crippen LogP contribution in [0.5, 0.6) is 0 Å². The van der Waals surface area contributed by atoms with Crippen LogP contribution in [0.25, 0.3) is 11.0 Å². The lowest BCUT2D eigenvalue weighted by Gasteiger charge is -2.32. The molecule has 0 saturated carbocycles. The van der Waals surface area contributed by atoms with E-state index in [0.29, 0.717) is 0 Å². The standard InChI is InChI=1S/C13H19B2N3O2/c1-8-10-6-9(7-16-11(10)18(14)17-8)15-19-12(2,3)13(4,5)20-15/h6-7H,14H2,1-5H3. The first-order chi connectivity index (χ1) is 9.21. The van der Waals surface area contributed by atoms with E-state index in [-0.39, 0.29) is 18.3 Å². The molecule has 0 atom stereocenters. The largest absolute Gasteiger partial charge is 0.496 e. The number of aromatic nitrogens is 3. The Kier molecular flexibility index (Phi) is 2.79. The van der Waals surface area contributed by atoms with E-state index in [1.165, 1.54) is 0 Å². The highest BCUT2D eigenvalue weighted by atomic mass is 16.7. The first kappa shape index (κ1) is 13.6. The van der Waals surface area contributed by atoms with Crippen molar-refractivity contribution in [2.45, 2.75) is 45.8 Å². The van der Waals surface area contributed by atoms with Crippen molar-refractivity contribution in [2.24, 2.45) is 0 Å². The Bertz CT molecular complexity index is 666. The van der Waals surface area contributed by atoms with Crippen LogP contribution in [0.2, 0.25) is 0 Å². The Labute approximate surface area is 120 Å². The summed E-state index contributed by atoms with van der Waals surface area (Å²) in [7, 11) is 1.52. The van der Waals surface area contributed by atoms with E-state index in [2.05, 4.69) is 16.1 Å². The van der Waals surface area contributed by atoms with Gasteiger partial charge in [-0.05, 0) is 40.7 Å². The third kappa shape index (κ3) is 1.88. The molecule has 5 nitrogen and oxygen atoms in total. The number of hydrogen-bond donors (Lipinski definition) is 0. The molecular weight excluding hydrogens is 252 g/mol. The van der Waals surface area contributed by atoms with Gasteiger partial charge in [0.25, 0.3) is 7.98 Å². The quantitative estimate of drug-likeness (QED) is 0.706. The minimum absolute atomic E-state index is 0.337. The molecule has 1 aliphatic heterocycles. The van der Waals surface area contributed by atoms with Crippen LogP contribution < -0.4 is 5.46 Å². The van der Waals surface area contributed by atoms with Crippen LogP contribution in [0.1, 0.15) is 33.4 Å². The maximum Gasteiger partial charge on any atom is 0.496 e. The highest BCUT2D eigenvalue weighted by Crippen LogP contribution is 2.36. The van der Waals surface area contributed by atoms with Crippen LogP contribution in [-0.4, -0.2) is 41.0 Å². The molecular formula is C13H19B2N3O2. The number of aryl methyl sites for hydroxylation is 1. The zero-order valence-corrected chi connectivity index (χ0v) is 12.9. The van der Waals surface area contributed by atoms with Crippen molar-refractivity contribution >= 4 is 31.6 Å². The molecule has 2 aromatic rings. The minimum atomic E-state index is -0.378. The van der Waals surface area contributed by atoms with Gasteiger partial charge in [0.15, 0.2) is 0 Å². The van der Waals surface area contributed by atoms with E-state index < -0.39 is 0 Å². The molecule has 104 valence electrons. The fourth-order valence-electron chi connectivity index (χ4n) is 2.43. The molecule has 0 unspecified atom stereocenters. The van der Waals surface area contributed by atoms with E-state index in [0.717, 1.165) is 22.2 Å². The average molecular weight is 271 g/mol. The number of hydrogen-bond acceptors (Lipinski definition) is 4. The van der Waals surface area contributed by atoms with Gasteiger partial charge >= 0.3 is 7.12 Å².